The van der Waals surface area contributed by atoms with Gasteiger partial charge in [0.1, 0.15) is 12.4 Å². The van der Waals surface area contributed by atoms with Crippen LogP contribution in [0.1, 0.15) is 32.3 Å². The minimum atomic E-state index is -3.74. The summed E-state index contributed by atoms with van der Waals surface area (Å²) in [5.74, 6) is 4.33. The Bertz CT molecular complexity index is 701. The molecular weight excluding hydrogens is 293 g/mol. The van der Waals surface area contributed by atoms with Crippen LogP contribution in [0, 0.1) is 17.7 Å². The fourth-order valence-corrected chi connectivity index (χ4v) is 4.58. The van der Waals surface area contributed by atoms with E-state index in [-0.39, 0.29) is 10.5 Å². The maximum Gasteiger partial charge on any atom is 0.244 e. The summed E-state index contributed by atoms with van der Waals surface area (Å²) in [5.41, 5.74) is -0.388. The van der Waals surface area contributed by atoms with Gasteiger partial charge in [-0.05, 0) is 44.9 Å². The zero-order valence-electron chi connectivity index (χ0n) is 12.1. The molecule has 6 heteroatoms. The molecule has 0 amide bonds. The molecule has 1 aliphatic heterocycles. The molecule has 0 aliphatic carbocycles. The molecule has 1 saturated heterocycles. The Kier molecular flexibility index (Phi) is 4.38. The van der Waals surface area contributed by atoms with Gasteiger partial charge in [0.25, 0.3) is 0 Å². The minimum absolute atomic E-state index is 0.0141. The summed E-state index contributed by atoms with van der Waals surface area (Å²) in [4.78, 5) is -0.0141. The molecule has 0 aromatic heterocycles. The summed E-state index contributed by atoms with van der Waals surface area (Å²) < 4.78 is 40.4. The fraction of sp³-hybridized carbons (Fsp3) is 0.467. The molecule has 21 heavy (non-hydrogen) atoms. The number of hydrogen-bond acceptors (Lipinski definition) is 3. The van der Waals surface area contributed by atoms with Crippen LogP contribution in [0.15, 0.2) is 23.1 Å². The number of benzene rings is 1. The summed E-state index contributed by atoms with van der Waals surface area (Å²) >= 11 is 0. The SMILES string of the molecule is CC1(C)CCCN1S(=O)(=O)c1ccc(F)cc1C#CCO. The molecule has 1 aromatic rings. The number of hydrogen-bond donors (Lipinski definition) is 1. The van der Waals surface area contributed by atoms with Crippen molar-refractivity contribution < 1.29 is 17.9 Å². The molecule has 1 fully saturated rings. The van der Waals surface area contributed by atoms with Crippen molar-refractivity contribution in [1.29, 1.82) is 0 Å². The maximum atomic E-state index is 13.4. The van der Waals surface area contributed by atoms with E-state index in [1.54, 1.807) is 0 Å². The number of sulfonamides is 1. The molecule has 114 valence electrons. The van der Waals surface area contributed by atoms with E-state index in [9.17, 15) is 12.8 Å². The first-order valence-corrected chi connectivity index (χ1v) is 8.15. The normalized spacial score (nSPS) is 18.3. The molecule has 0 atom stereocenters. The Morgan fingerprint density at radius 1 is 1.43 bits per heavy atom. The lowest BCUT2D eigenvalue weighted by Crippen LogP contribution is -2.42. The number of aliphatic hydroxyl groups is 1. The third-order valence-corrected chi connectivity index (χ3v) is 5.81. The quantitative estimate of drug-likeness (QED) is 0.846. The van der Waals surface area contributed by atoms with Gasteiger partial charge < -0.3 is 5.11 Å². The van der Waals surface area contributed by atoms with E-state index in [4.69, 9.17) is 5.11 Å². The van der Waals surface area contributed by atoms with Crippen molar-refractivity contribution in [2.75, 3.05) is 13.2 Å². The van der Waals surface area contributed by atoms with Crippen LogP contribution < -0.4 is 0 Å². The first kappa shape index (κ1) is 16.0. The van der Waals surface area contributed by atoms with Crippen molar-refractivity contribution in [3.8, 4) is 11.8 Å². The average molecular weight is 311 g/mol. The molecule has 2 rings (SSSR count). The van der Waals surface area contributed by atoms with Crippen molar-refractivity contribution in [2.45, 2.75) is 37.1 Å². The van der Waals surface area contributed by atoms with Gasteiger partial charge in [-0.3, -0.25) is 0 Å². The van der Waals surface area contributed by atoms with Gasteiger partial charge >= 0.3 is 0 Å². The van der Waals surface area contributed by atoms with E-state index in [0.29, 0.717) is 6.54 Å². The zero-order chi connectivity index (χ0) is 15.7. The Balaban J connectivity index is 2.55. The maximum absolute atomic E-state index is 13.4. The second kappa shape index (κ2) is 5.76. The molecule has 4 nitrogen and oxygen atoms in total. The second-order valence-electron chi connectivity index (χ2n) is 5.59. The van der Waals surface area contributed by atoms with E-state index in [2.05, 4.69) is 11.8 Å². The highest BCUT2D eigenvalue weighted by atomic mass is 32.2. The molecule has 1 heterocycles. The van der Waals surface area contributed by atoms with Crippen molar-refractivity contribution in [1.82, 2.24) is 4.31 Å². The first-order valence-electron chi connectivity index (χ1n) is 6.71. The zero-order valence-corrected chi connectivity index (χ0v) is 12.9. The van der Waals surface area contributed by atoms with Crippen molar-refractivity contribution in [2.24, 2.45) is 0 Å². The highest BCUT2D eigenvalue weighted by Gasteiger charge is 2.41. The number of rotatable bonds is 2. The highest BCUT2D eigenvalue weighted by molar-refractivity contribution is 7.89. The van der Waals surface area contributed by atoms with Gasteiger partial charge in [-0.15, -0.1) is 0 Å². The smallest absolute Gasteiger partial charge is 0.244 e. The van der Waals surface area contributed by atoms with Crippen LogP contribution in [0.25, 0.3) is 0 Å². The van der Waals surface area contributed by atoms with Crippen molar-refractivity contribution in [3.05, 3.63) is 29.6 Å². The van der Waals surface area contributed by atoms with Crippen LogP contribution in [0.4, 0.5) is 4.39 Å². The fourth-order valence-electron chi connectivity index (χ4n) is 2.61. The molecule has 1 aliphatic rings. The predicted molar refractivity (Wildman–Crippen MR) is 77.6 cm³/mol. The lowest BCUT2D eigenvalue weighted by Gasteiger charge is -2.30. The molecule has 1 aromatic carbocycles. The second-order valence-corrected chi connectivity index (χ2v) is 7.42. The number of aliphatic hydroxyl groups excluding tert-OH is 1. The summed E-state index contributed by atoms with van der Waals surface area (Å²) in [6, 6.07) is 3.43. The lowest BCUT2D eigenvalue weighted by molar-refractivity contribution is 0.291. The van der Waals surface area contributed by atoms with Gasteiger partial charge in [-0.25, -0.2) is 12.8 Å². The van der Waals surface area contributed by atoms with Gasteiger partial charge in [0.2, 0.25) is 10.0 Å². The average Bonchev–Trinajstić information content (AvgIpc) is 2.76. The van der Waals surface area contributed by atoms with Crippen LogP contribution in [0.2, 0.25) is 0 Å². The van der Waals surface area contributed by atoms with Gasteiger partial charge in [-0.1, -0.05) is 11.8 Å². The van der Waals surface area contributed by atoms with Crippen LogP contribution >= 0.6 is 0 Å². The summed E-state index contributed by atoms with van der Waals surface area (Å²) in [5, 5.41) is 8.76. The molecule has 0 saturated carbocycles. The van der Waals surface area contributed by atoms with Gasteiger partial charge in [0, 0.05) is 17.6 Å². The van der Waals surface area contributed by atoms with Crippen molar-refractivity contribution >= 4 is 10.0 Å². The van der Waals surface area contributed by atoms with E-state index in [0.717, 1.165) is 25.0 Å². The summed E-state index contributed by atoms with van der Waals surface area (Å²) in [7, 11) is -3.74. The monoisotopic (exact) mass is 311 g/mol. The van der Waals surface area contributed by atoms with E-state index >= 15 is 0 Å². The molecule has 0 bridgehead atoms. The van der Waals surface area contributed by atoms with Gasteiger partial charge in [0.15, 0.2) is 0 Å². The number of halogens is 1. The van der Waals surface area contributed by atoms with E-state index in [1.807, 2.05) is 13.8 Å². The van der Waals surface area contributed by atoms with E-state index in [1.165, 1.54) is 10.4 Å². The molecule has 0 radical (unpaired) electrons. The molecule has 1 N–H and O–H groups in total. The van der Waals surface area contributed by atoms with Crippen LogP contribution in [-0.4, -0.2) is 36.5 Å². The Labute approximate surface area is 124 Å². The molecule has 0 spiro atoms. The Hall–Kier alpha value is -1.42. The van der Waals surface area contributed by atoms with Crippen LogP contribution in [0.3, 0.4) is 0 Å². The standard InChI is InChI=1S/C15H18FNO3S/c1-15(2)8-4-9-17(15)21(19,20)14-7-6-13(16)11-12(14)5-3-10-18/h6-7,11,18H,4,8-10H2,1-2H3. The van der Waals surface area contributed by atoms with E-state index < -0.39 is 28.0 Å². The Morgan fingerprint density at radius 3 is 2.71 bits per heavy atom. The predicted octanol–water partition coefficient (Wildman–Crippen LogP) is 1.73. The van der Waals surface area contributed by atoms with Crippen LogP contribution in [0.5, 0.6) is 0 Å². The topological polar surface area (TPSA) is 57.6 Å². The third-order valence-electron chi connectivity index (χ3n) is 3.64. The van der Waals surface area contributed by atoms with Gasteiger partial charge in [-0.2, -0.15) is 4.31 Å². The summed E-state index contributed by atoms with van der Waals surface area (Å²) in [6.07, 6.45) is 1.58. The largest absolute Gasteiger partial charge is 0.384 e. The first-order chi connectivity index (χ1) is 9.79. The molecular formula is C15H18FNO3S. The Morgan fingerprint density at radius 2 is 2.14 bits per heavy atom. The third kappa shape index (κ3) is 3.10. The van der Waals surface area contributed by atoms with Crippen molar-refractivity contribution in [3.63, 3.8) is 0 Å². The highest BCUT2D eigenvalue weighted by Crippen LogP contribution is 2.34. The number of nitrogens with zero attached hydrogens (tertiary/aromatic N) is 1. The lowest BCUT2D eigenvalue weighted by atomic mass is 10.0. The van der Waals surface area contributed by atoms with Crippen LogP contribution in [-0.2, 0) is 10.0 Å². The van der Waals surface area contributed by atoms with Gasteiger partial charge in [0.05, 0.1) is 4.90 Å². The molecule has 0 unspecified atom stereocenters. The summed E-state index contributed by atoms with van der Waals surface area (Å²) in [6.45, 7) is 3.78. The minimum Gasteiger partial charge on any atom is -0.384 e.